The third kappa shape index (κ3) is 4.18. The molecule has 2 N–H and O–H groups in total. The molecule has 0 atom stereocenters. The van der Waals surface area contributed by atoms with E-state index in [9.17, 15) is 8.42 Å². The van der Waals surface area contributed by atoms with E-state index in [-0.39, 0.29) is 17.9 Å². The smallest absolute Gasteiger partial charge is 0.240 e. The van der Waals surface area contributed by atoms with E-state index in [1.165, 1.54) is 20.0 Å². The average molecular weight is 313 g/mol. The Morgan fingerprint density at radius 2 is 2.05 bits per heavy atom. The highest BCUT2D eigenvalue weighted by molar-refractivity contribution is 7.89. The number of hydrogen-bond acceptors (Lipinski definition) is 4. The van der Waals surface area contributed by atoms with Gasteiger partial charge < -0.3 is 9.84 Å². The lowest BCUT2D eigenvalue weighted by Gasteiger charge is -2.14. The van der Waals surface area contributed by atoms with Crippen molar-refractivity contribution in [1.29, 1.82) is 0 Å². The number of methoxy groups -OCH3 is 1. The van der Waals surface area contributed by atoms with E-state index < -0.39 is 10.0 Å². The van der Waals surface area contributed by atoms with Crippen molar-refractivity contribution in [3.05, 3.63) is 23.8 Å². The normalized spacial score (nSPS) is 16.3. The molecule has 1 aromatic rings. The number of rotatable bonds is 7. The second-order valence-corrected chi connectivity index (χ2v) is 7.19. The summed E-state index contributed by atoms with van der Waals surface area (Å²) in [4.78, 5) is 0.232. The molecule has 0 spiro atoms. The van der Waals surface area contributed by atoms with E-state index >= 15 is 0 Å². The lowest BCUT2D eigenvalue weighted by atomic mass is 10.1. The third-order valence-electron chi connectivity index (χ3n) is 3.98. The van der Waals surface area contributed by atoms with Gasteiger partial charge in [0, 0.05) is 13.2 Å². The Morgan fingerprint density at radius 1 is 1.33 bits per heavy atom. The Hall–Kier alpha value is -1.11. The minimum atomic E-state index is -3.54. The molecule has 2 rings (SSSR count). The number of ether oxygens (including phenoxy) is 1. The monoisotopic (exact) mass is 313 g/mol. The molecule has 1 aliphatic rings. The van der Waals surface area contributed by atoms with Crippen LogP contribution >= 0.6 is 0 Å². The quantitative estimate of drug-likeness (QED) is 0.803. The summed E-state index contributed by atoms with van der Waals surface area (Å²) in [6.45, 7) is 0.394. The van der Waals surface area contributed by atoms with Gasteiger partial charge in [-0.1, -0.05) is 12.8 Å². The van der Waals surface area contributed by atoms with Crippen LogP contribution in [0, 0.1) is 5.92 Å². The molecule has 118 valence electrons. The van der Waals surface area contributed by atoms with E-state index in [0.717, 1.165) is 12.8 Å². The summed E-state index contributed by atoms with van der Waals surface area (Å²) in [6.07, 6.45) is 4.84. The van der Waals surface area contributed by atoms with Gasteiger partial charge in [0.05, 0.1) is 12.0 Å². The minimum Gasteiger partial charge on any atom is -0.497 e. The molecule has 0 bridgehead atoms. The van der Waals surface area contributed by atoms with Crippen molar-refractivity contribution in [3.8, 4) is 5.75 Å². The van der Waals surface area contributed by atoms with Crippen LogP contribution in [0.15, 0.2) is 23.1 Å². The summed E-state index contributed by atoms with van der Waals surface area (Å²) in [6, 6.07) is 4.84. The van der Waals surface area contributed by atoms with Gasteiger partial charge in [0.25, 0.3) is 0 Å². The maximum Gasteiger partial charge on any atom is 0.240 e. The van der Waals surface area contributed by atoms with Gasteiger partial charge >= 0.3 is 0 Å². The molecule has 5 nitrogen and oxygen atoms in total. The molecule has 0 saturated heterocycles. The second-order valence-electron chi connectivity index (χ2n) is 5.45. The summed E-state index contributed by atoms with van der Waals surface area (Å²) in [7, 11) is -2.01. The number of aliphatic hydroxyl groups excluding tert-OH is 1. The predicted molar refractivity (Wildman–Crippen MR) is 80.9 cm³/mol. The van der Waals surface area contributed by atoms with Crippen molar-refractivity contribution in [2.24, 2.45) is 5.92 Å². The topological polar surface area (TPSA) is 75.6 Å². The number of nitrogens with one attached hydrogen (secondary N) is 1. The molecule has 0 heterocycles. The van der Waals surface area contributed by atoms with Crippen molar-refractivity contribution in [2.45, 2.75) is 37.0 Å². The second kappa shape index (κ2) is 7.24. The fraction of sp³-hybridized carbons (Fsp3) is 0.600. The largest absolute Gasteiger partial charge is 0.497 e. The van der Waals surface area contributed by atoms with E-state index in [0.29, 0.717) is 23.8 Å². The van der Waals surface area contributed by atoms with Gasteiger partial charge in [-0.3, -0.25) is 0 Å². The number of aliphatic hydroxyl groups is 1. The molecule has 1 aliphatic carbocycles. The van der Waals surface area contributed by atoms with Crippen LogP contribution in [0.2, 0.25) is 0 Å². The van der Waals surface area contributed by atoms with Crippen molar-refractivity contribution in [3.63, 3.8) is 0 Å². The highest BCUT2D eigenvalue weighted by atomic mass is 32.2. The zero-order chi connectivity index (χ0) is 15.3. The van der Waals surface area contributed by atoms with Crippen LogP contribution in [0.4, 0.5) is 0 Å². The highest BCUT2D eigenvalue weighted by Crippen LogP contribution is 2.26. The zero-order valence-corrected chi connectivity index (χ0v) is 13.2. The van der Waals surface area contributed by atoms with Crippen LogP contribution in [0.25, 0.3) is 0 Å². The first-order valence-electron chi connectivity index (χ1n) is 7.34. The first kappa shape index (κ1) is 16.3. The summed E-state index contributed by atoms with van der Waals surface area (Å²) in [5, 5.41) is 9.12. The molecule has 0 unspecified atom stereocenters. The van der Waals surface area contributed by atoms with Gasteiger partial charge in [-0.15, -0.1) is 0 Å². The van der Waals surface area contributed by atoms with Gasteiger partial charge in [-0.2, -0.15) is 0 Å². The fourth-order valence-corrected chi connectivity index (χ4v) is 4.14. The molecule has 6 heteroatoms. The van der Waals surface area contributed by atoms with E-state index in [1.807, 2.05) is 0 Å². The van der Waals surface area contributed by atoms with Crippen LogP contribution in [0.3, 0.4) is 0 Å². The molecular formula is C15H23NO4S. The molecule has 0 aliphatic heterocycles. The number of sulfonamides is 1. The van der Waals surface area contributed by atoms with E-state index in [4.69, 9.17) is 9.84 Å². The fourth-order valence-electron chi connectivity index (χ4n) is 2.78. The Kier molecular flexibility index (Phi) is 5.61. The standard InChI is InChI=1S/C15H23NO4S/c1-20-14-6-7-15(13(10-14)8-9-17)21(18,19)16-11-12-4-2-3-5-12/h6-7,10,12,16-17H,2-5,8-9,11H2,1H3. The molecule has 0 aromatic heterocycles. The zero-order valence-electron chi connectivity index (χ0n) is 12.3. The highest BCUT2D eigenvalue weighted by Gasteiger charge is 2.22. The van der Waals surface area contributed by atoms with E-state index in [1.54, 1.807) is 18.2 Å². The third-order valence-corrected chi connectivity index (χ3v) is 5.50. The lowest BCUT2D eigenvalue weighted by molar-refractivity contribution is 0.298. The molecule has 0 radical (unpaired) electrons. The predicted octanol–water partition coefficient (Wildman–Crippen LogP) is 1.70. The Labute approximate surface area is 126 Å². The van der Waals surface area contributed by atoms with Gasteiger partial charge in [0.1, 0.15) is 5.75 Å². The average Bonchev–Trinajstić information content (AvgIpc) is 2.99. The van der Waals surface area contributed by atoms with Crippen LogP contribution in [0.5, 0.6) is 5.75 Å². The van der Waals surface area contributed by atoms with Gasteiger partial charge in [-0.25, -0.2) is 13.1 Å². The van der Waals surface area contributed by atoms with Gasteiger partial charge in [0.2, 0.25) is 10.0 Å². The minimum absolute atomic E-state index is 0.0989. The van der Waals surface area contributed by atoms with Gasteiger partial charge in [0.15, 0.2) is 0 Å². The number of benzene rings is 1. The number of hydrogen-bond donors (Lipinski definition) is 2. The summed E-state index contributed by atoms with van der Waals surface area (Å²) >= 11 is 0. The van der Waals surface area contributed by atoms with Crippen LogP contribution in [-0.4, -0.2) is 33.8 Å². The van der Waals surface area contributed by atoms with E-state index in [2.05, 4.69) is 4.72 Å². The maximum absolute atomic E-state index is 12.5. The molecule has 1 saturated carbocycles. The Morgan fingerprint density at radius 3 is 2.67 bits per heavy atom. The summed E-state index contributed by atoms with van der Waals surface area (Å²) in [5.74, 6) is 1.03. The van der Waals surface area contributed by atoms with Crippen molar-refractivity contribution < 1.29 is 18.3 Å². The molecule has 0 amide bonds. The van der Waals surface area contributed by atoms with Crippen molar-refractivity contribution in [2.75, 3.05) is 20.3 Å². The summed E-state index contributed by atoms with van der Waals surface area (Å²) in [5.41, 5.74) is 0.579. The molecule has 1 fully saturated rings. The Bertz CT molecular complexity index is 565. The maximum atomic E-state index is 12.5. The SMILES string of the molecule is COc1ccc(S(=O)(=O)NCC2CCCC2)c(CCO)c1. The van der Waals surface area contributed by atoms with Crippen LogP contribution in [-0.2, 0) is 16.4 Å². The lowest BCUT2D eigenvalue weighted by Crippen LogP contribution is -2.29. The molecule has 1 aromatic carbocycles. The van der Waals surface area contributed by atoms with Crippen LogP contribution in [0.1, 0.15) is 31.2 Å². The molecular weight excluding hydrogens is 290 g/mol. The van der Waals surface area contributed by atoms with Crippen molar-refractivity contribution >= 4 is 10.0 Å². The first-order chi connectivity index (χ1) is 10.1. The van der Waals surface area contributed by atoms with Crippen LogP contribution < -0.4 is 9.46 Å². The first-order valence-corrected chi connectivity index (χ1v) is 8.82. The Balaban J connectivity index is 2.17. The molecule has 21 heavy (non-hydrogen) atoms. The van der Waals surface area contributed by atoms with Crippen molar-refractivity contribution in [1.82, 2.24) is 4.72 Å². The van der Waals surface area contributed by atoms with Gasteiger partial charge in [-0.05, 0) is 48.9 Å². The summed E-state index contributed by atoms with van der Waals surface area (Å²) < 4.78 is 32.7.